The molecule has 2 atom stereocenters. The van der Waals surface area contributed by atoms with Crippen molar-refractivity contribution in [2.45, 2.75) is 104 Å². The van der Waals surface area contributed by atoms with Crippen molar-refractivity contribution in [3.63, 3.8) is 0 Å². The first-order valence-corrected chi connectivity index (χ1v) is 9.55. The first kappa shape index (κ1) is 23.1. The quantitative estimate of drug-likeness (QED) is 0.298. The predicted octanol–water partition coefficient (Wildman–Crippen LogP) is 4.69. The van der Waals surface area contributed by atoms with Crippen LogP contribution >= 0.6 is 0 Å². The van der Waals surface area contributed by atoms with E-state index in [1.165, 1.54) is 19.3 Å². The van der Waals surface area contributed by atoms with Gasteiger partial charge in [0, 0.05) is 0 Å². The minimum Gasteiger partial charge on any atom is -0.481 e. The van der Waals surface area contributed by atoms with Crippen LogP contribution in [0.2, 0.25) is 0 Å². The minimum atomic E-state index is -0.746. The zero-order valence-electron chi connectivity index (χ0n) is 15.8. The van der Waals surface area contributed by atoms with E-state index in [0.717, 1.165) is 32.1 Å². The summed E-state index contributed by atoms with van der Waals surface area (Å²) in [6.45, 7) is 5.69. The Labute approximate surface area is 148 Å². The Morgan fingerprint density at radius 1 is 0.958 bits per heavy atom. The molecule has 0 saturated heterocycles. The molecule has 0 aliphatic carbocycles. The first-order chi connectivity index (χ1) is 11.3. The molecule has 0 amide bonds. The normalized spacial score (nSPS) is 14.9. The molecule has 0 aromatic heterocycles. The van der Waals surface area contributed by atoms with Gasteiger partial charge in [-0.2, -0.15) is 0 Å². The second-order valence-electron chi connectivity index (χ2n) is 7.48. The number of rotatable bonds is 15. The maximum Gasteiger partial charge on any atom is 0.309 e. The van der Waals surface area contributed by atoms with E-state index in [2.05, 4.69) is 13.0 Å². The molecule has 0 saturated carbocycles. The van der Waals surface area contributed by atoms with Crippen molar-refractivity contribution < 1.29 is 20.1 Å². The second kappa shape index (κ2) is 13.4. The lowest BCUT2D eigenvalue weighted by molar-refractivity contribution is -0.147. The fourth-order valence-corrected chi connectivity index (χ4v) is 2.60. The molecule has 0 rings (SSSR count). The Morgan fingerprint density at radius 2 is 1.62 bits per heavy atom. The molecule has 0 fully saturated rings. The summed E-state index contributed by atoms with van der Waals surface area (Å²) >= 11 is 0. The minimum absolute atomic E-state index is 0.514. The summed E-state index contributed by atoms with van der Waals surface area (Å²) in [5.41, 5.74) is -0.654. The van der Waals surface area contributed by atoms with Gasteiger partial charge in [-0.25, -0.2) is 0 Å². The lowest BCUT2D eigenvalue weighted by Gasteiger charge is -2.19. The summed E-state index contributed by atoms with van der Waals surface area (Å²) in [5.74, 6) is -0.746. The van der Waals surface area contributed by atoms with Crippen LogP contribution in [0.4, 0.5) is 0 Å². The van der Waals surface area contributed by atoms with E-state index in [0.29, 0.717) is 19.3 Å². The molecule has 0 aromatic rings. The van der Waals surface area contributed by atoms with Crippen LogP contribution in [0.5, 0.6) is 0 Å². The van der Waals surface area contributed by atoms with Crippen molar-refractivity contribution in [1.29, 1.82) is 0 Å². The van der Waals surface area contributed by atoms with Gasteiger partial charge in [0.2, 0.25) is 0 Å². The highest BCUT2D eigenvalue weighted by molar-refractivity contribution is 5.73. The number of allylic oxidation sites excluding steroid dienone is 1. The molecule has 3 N–H and O–H groups in total. The van der Waals surface area contributed by atoms with E-state index >= 15 is 0 Å². The lowest BCUT2D eigenvalue weighted by Crippen LogP contribution is -2.25. The predicted molar refractivity (Wildman–Crippen MR) is 99.0 cm³/mol. The van der Waals surface area contributed by atoms with E-state index in [1.807, 2.05) is 6.08 Å². The summed E-state index contributed by atoms with van der Waals surface area (Å²) in [7, 11) is 0. The van der Waals surface area contributed by atoms with Crippen LogP contribution < -0.4 is 0 Å². The van der Waals surface area contributed by atoms with Crippen molar-refractivity contribution >= 4 is 5.97 Å². The molecule has 0 heterocycles. The first-order valence-electron chi connectivity index (χ1n) is 9.55. The third kappa shape index (κ3) is 11.6. The molecule has 0 spiro atoms. The largest absolute Gasteiger partial charge is 0.481 e. The average Bonchev–Trinajstić information content (AvgIpc) is 2.53. The molecule has 4 nitrogen and oxygen atoms in total. The highest BCUT2D eigenvalue weighted by atomic mass is 16.4. The summed E-state index contributed by atoms with van der Waals surface area (Å²) in [4.78, 5) is 11.0. The van der Waals surface area contributed by atoms with Crippen LogP contribution in [0.15, 0.2) is 12.2 Å². The Kier molecular flexibility index (Phi) is 12.9. The van der Waals surface area contributed by atoms with Crippen LogP contribution in [-0.2, 0) is 4.79 Å². The van der Waals surface area contributed by atoms with Crippen molar-refractivity contribution in [2.24, 2.45) is 5.41 Å². The number of carboxylic acid groups (broad SMARTS) is 1. The van der Waals surface area contributed by atoms with Crippen LogP contribution in [0.1, 0.15) is 91.4 Å². The molecular weight excluding hydrogens is 304 g/mol. The van der Waals surface area contributed by atoms with E-state index in [9.17, 15) is 15.0 Å². The third-order valence-corrected chi connectivity index (χ3v) is 4.59. The zero-order valence-corrected chi connectivity index (χ0v) is 15.8. The highest BCUT2D eigenvalue weighted by Crippen LogP contribution is 2.24. The molecule has 0 radical (unpaired) electrons. The second-order valence-corrected chi connectivity index (χ2v) is 7.48. The van der Waals surface area contributed by atoms with Crippen molar-refractivity contribution in [3.8, 4) is 0 Å². The molecule has 2 unspecified atom stereocenters. The fraction of sp³-hybridized carbons (Fsp3) is 0.850. The van der Waals surface area contributed by atoms with E-state index in [4.69, 9.17) is 5.11 Å². The summed E-state index contributed by atoms with van der Waals surface area (Å²) in [6, 6.07) is 0. The van der Waals surface area contributed by atoms with Crippen LogP contribution in [0.25, 0.3) is 0 Å². The average molecular weight is 343 g/mol. The number of aliphatic carboxylic acids is 1. The number of hydrogen-bond donors (Lipinski definition) is 3. The van der Waals surface area contributed by atoms with Crippen LogP contribution in [0, 0.1) is 5.41 Å². The monoisotopic (exact) mass is 342 g/mol. The third-order valence-electron chi connectivity index (χ3n) is 4.59. The number of hydrogen-bond acceptors (Lipinski definition) is 3. The Morgan fingerprint density at radius 3 is 2.25 bits per heavy atom. The van der Waals surface area contributed by atoms with Gasteiger partial charge in [0.15, 0.2) is 0 Å². The summed E-state index contributed by atoms with van der Waals surface area (Å²) in [5, 5.41) is 28.9. The number of carboxylic acids is 1. The maximum atomic E-state index is 11.0. The topological polar surface area (TPSA) is 77.8 Å². The zero-order chi connectivity index (χ0) is 18.4. The smallest absolute Gasteiger partial charge is 0.309 e. The van der Waals surface area contributed by atoms with Gasteiger partial charge in [-0.15, -0.1) is 0 Å². The van der Waals surface area contributed by atoms with Gasteiger partial charge in [-0.1, -0.05) is 57.6 Å². The van der Waals surface area contributed by atoms with E-state index in [-0.39, 0.29) is 0 Å². The molecule has 0 aliphatic heterocycles. The maximum absolute atomic E-state index is 11.0. The molecule has 0 aliphatic rings. The number of unbranched alkanes of at least 4 members (excludes halogenated alkanes) is 6. The van der Waals surface area contributed by atoms with Gasteiger partial charge < -0.3 is 15.3 Å². The van der Waals surface area contributed by atoms with Gasteiger partial charge in [-0.3, -0.25) is 4.79 Å². The SMILES string of the molecule is CCCCC/C=C\CC(O)C(O)CCCCCCC(C)(C)C(=O)O. The molecule has 0 bridgehead atoms. The Hall–Kier alpha value is -0.870. The van der Waals surface area contributed by atoms with Gasteiger partial charge in [0.25, 0.3) is 0 Å². The fourth-order valence-electron chi connectivity index (χ4n) is 2.60. The van der Waals surface area contributed by atoms with Crippen molar-refractivity contribution in [3.05, 3.63) is 12.2 Å². The van der Waals surface area contributed by atoms with Crippen LogP contribution in [-0.4, -0.2) is 33.5 Å². The van der Waals surface area contributed by atoms with Crippen LogP contribution in [0.3, 0.4) is 0 Å². The molecule has 24 heavy (non-hydrogen) atoms. The standard InChI is InChI=1S/C20H38O4/c1-4-5-6-7-8-11-14-17(21)18(22)15-12-9-10-13-16-20(2,3)19(23)24/h8,11,17-18,21-22H,4-7,9-10,12-16H2,1-3H3,(H,23,24)/b11-8-. The van der Waals surface area contributed by atoms with Gasteiger partial charge in [0.1, 0.15) is 0 Å². The lowest BCUT2D eigenvalue weighted by atomic mass is 9.87. The highest BCUT2D eigenvalue weighted by Gasteiger charge is 2.25. The van der Waals surface area contributed by atoms with Crippen molar-refractivity contribution in [1.82, 2.24) is 0 Å². The number of carbonyl (C=O) groups is 1. The van der Waals surface area contributed by atoms with Gasteiger partial charge in [-0.05, 0) is 46.0 Å². The molecular formula is C20H38O4. The van der Waals surface area contributed by atoms with E-state index < -0.39 is 23.6 Å². The Bertz CT molecular complexity index is 350. The van der Waals surface area contributed by atoms with Gasteiger partial charge >= 0.3 is 5.97 Å². The number of aliphatic hydroxyl groups excluding tert-OH is 2. The summed E-state index contributed by atoms with van der Waals surface area (Å²) < 4.78 is 0. The molecule has 142 valence electrons. The van der Waals surface area contributed by atoms with Crippen molar-refractivity contribution in [2.75, 3.05) is 0 Å². The Balaban J connectivity index is 3.67. The molecule has 0 aromatic carbocycles. The summed E-state index contributed by atoms with van der Waals surface area (Å²) in [6.07, 6.45) is 12.9. The molecule has 4 heteroatoms. The number of aliphatic hydroxyl groups is 2. The van der Waals surface area contributed by atoms with Gasteiger partial charge in [0.05, 0.1) is 17.6 Å². The van der Waals surface area contributed by atoms with E-state index in [1.54, 1.807) is 13.8 Å².